The summed E-state index contributed by atoms with van der Waals surface area (Å²) in [5.41, 5.74) is 1.91. The summed E-state index contributed by atoms with van der Waals surface area (Å²) < 4.78 is 10.9. The number of rotatable bonds is 5. The Balaban J connectivity index is 2.06. The number of benzene rings is 1. The molecular weight excluding hydrogens is 310 g/mol. The van der Waals surface area contributed by atoms with E-state index in [4.69, 9.17) is 9.16 Å². The third-order valence-corrected chi connectivity index (χ3v) is 8.94. The van der Waals surface area contributed by atoms with Crippen molar-refractivity contribution in [1.82, 2.24) is 15.0 Å². The van der Waals surface area contributed by atoms with Crippen molar-refractivity contribution in [2.24, 2.45) is 0 Å². The molecule has 1 aromatic heterocycles. The van der Waals surface area contributed by atoms with E-state index in [1.54, 1.807) is 23.0 Å². The number of esters is 1. The predicted octanol–water partition coefficient (Wildman–Crippen LogP) is 3.24. The van der Waals surface area contributed by atoms with Crippen molar-refractivity contribution >= 4 is 25.3 Å². The van der Waals surface area contributed by atoms with Crippen LogP contribution in [0.5, 0.6) is 0 Å². The Morgan fingerprint density at radius 3 is 2.48 bits per heavy atom. The van der Waals surface area contributed by atoms with E-state index >= 15 is 0 Å². The number of hydrogen-bond acceptors (Lipinski definition) is 5. The molecule has 0 fully saturated rings. The van der Waals surface area contributed by atoms with Crippen LogP contribution in [-0.2, 0) is 15.7 Å². The van der Waals surface area contributed by atoms with Crippen LogP contribution in [0.2, 0.25) is 18.1 Å². The van der Waals surface area contributed by atoms with Crippen LogP contribution in [0.3, 0.4) is 0 Å². The Labute approximate surface area is 137 Å². The van der Waals surface area contributed by atoms with E-state index in [1.807, 2.05) is 0 Å². The van der Waals surface area contributed by atoms with Crippen LogP contribution in [0.1, 0.15) is 31.1 Å². The van der Waals surface area contributed by atoms with Crippen molar-refractivity contribution in [2.75, 3.05) is 13.7 Å². The molecule has 0 atom stereocenters. The lowest BCUT2D eigenvalue weighted by molar-refractivity contribution is 0.0601. The topological polar surface area (TPSA) is 66.2 Å². The van der Waals surface area contributed by atoms with E-state index in [0.29, 0.717) is 24.2 Å². The normalized spacial score (nSPS) is 12.6. The Morgan fingerprint density at radius 2 is 1.87 bits per heavy atom. The highest BCUT2D eigenvalue weighted by Gasteiger charge is 2.36. The van der Waals surface area contributed by atoms with Crippen molar-refractivity contribution in [1.29, 1.82) is 0 Å². The Kier molecular flexibility index (Phi) is 4.91. The number of carbonyl (C=O) groups is 1. The summed E-state index contributed by atoms with van der Waals surface area (Å²) in [4.78, 5) is 13.2. The molecule has 0 bridgehead atoms. The largest absolute Gasteiger partial charge is 0.465 e. The van der Waals surface area contributed by atoms with Gasteiger partial charge in [0.2, 0.25) is 0 Å². The average Bonchev–Trinajstić information content (AvgIpc) is 2.86. The zero-order valence-corrected chi connectivity index (χ0v) is 15.7. The van der Waals surface area contributed by atoms with Crippen molar-refractivity contribution in [2.45, 2.75) is 45.4 Å². The molecule has 0 spiro atoms. The average molecular weight is 335 g/mol. The first-order valence-electron chi connectivity index (χ1n) is 7.71. The number of fused-ring (bicyclic) bond motifs is 1. The molecule has 1 aromatic carbocycles. The second-order valence-electron chi connectivity index (χ2n) is 7.10. The third-order valence-electron chi connectivity index (χ3n) is 4.40. The van der Waals surface area contributed by atoms with Gasteiger partial charge >= 0.3 is 5.97 Å². The van der Waals surface area contributed by atoms with Crippen molar-refractivity contribution < 1.29 is 14.0 Å². The number of aromatic nitrogens is 3. The van der Waals surface area contributed by atoms with Gasteiger partial charge in [0.1, 0.15) is 11.0 Å². The first kappa shape index (κ1) is 17.6. The molecule has 0 aliphatic carbocycles. The third kappa shape index (κ3) is 3.97. The highest BCUT2D eigenvalue weighted by atomic mass is 28.4. The second kappa shape index (κ2) is 6.41. The molecular formula is C16H25N3O3Si. The van der Waals surface area contributed by atoms with E-state index in [-0.39, 0.29) is 11.0 Å². The highest BCUT2D eigenvalue weighted by molar-refractivity contribution is 6.74. The summed E-state index contributed by atoms with van der Waals surface area (Å²) in [7, 11) is -0.394. The quantitative estimate of drug-likeness (QED) is 0.620. The Hall–Kier alpha value is -1.73. The molecule has 7 heteroatoms. The number of ether oxygens (including phenoxy) is 1. The molecule has 0 unspecified atom stereocenters. The number of nitrogens with zero attached hydrogens (tertiary/aromatic N) is 3. The van der Waals surface area contributed by atoms with Crippen molar-refractivity contribution in [3.63, 3.8) is 0 Å². The fourth-order valence-electron chi connectivity index (χ4n) is 1.90. The minimum absolute atomic E-state index is 0.185. The van der Waals surface area contributed by atoms with Gasteiger partial charge in [-0.25, -0.2) is 4.79 Å². The van der Waals surface area contributed by atoms with Crippen LogP contribution in [-0.4, -0.2) is 43.0 Å². The van der Waals surface area contributed by atoms with Crippen LogP contribution < -0.4 is 0 Å². The minimum Gasteiger partial charge on any atom is -0.465 e. The predicted molar refractivity (Wildman–Crippen MR) is 92.0 cm³/mol. The zero-order chi connectivity index (χ0) is 17.3. The molecule has 126 valence electrons. The lowest BCUT2D eigenvalue weighted by atomic mass is 10.2. The first-order chi connectivity index (χ1) is 10.6. The van der Waals surface area contributed by atoms with Crippen molar-refractivity contribution in [3.8, 4) is 0 Å². The van der Waals surface area contributed by atoms with Gasteiger partial charge in [-0.3, -0.25) is 0 Å². The van der Waals surface area contributed by atoms with E-state index in [9.17, 15) is 4.79 Å². The molecule has 6 nitrogen and oxygen atoms in total. The van der Waals surface area contributed by atoms with Gasteiger partial charge in [-0.15, -0.1) is 0 Å². The van der Waals surface area contributed by atoms with E-state index in [1.165, 1.54) is 7.11 Å². The number of hydrogen-bond donors (Lipinski definition) is 0. The van der Waals surface area contributed by atoms with Gasteiger partial charge in [0.05, 0.1) is 25.8 Å². The van der Waals surface area contributed by atoms with Crippen LogP contribution in [0.15, 0.2) is 18.2 Å². The molecule has 0 amide bonds. The summed E-state index contributed by atoms with van der Waals surface area (Å²) in [5, 5.41) is 9.00. The molecule has 0 saturated heterocycles. The lowest BCUT2D eigenvalue weighted by Crippen LogP contribution is -2.41. The fraction of sp³-hybridized carbons (Fsp3) is 0.562. The first-order valence-corrected chi connectivity index (χ1v) is 10.6. The van der Waals surface area contributed by atoms with E-state index < -0.39 is 8.32 Å². The van der Waals surface area contributed by atoms with Crippen LogP contribution >= 0.6 is 0 Å². The Bertz CT molecular complexity index is 704. The summed E-state index contributed by atoms with van der Waals surface area (Å²) in [6, 6.07) is 5.17. The number of carbonyl (C=O) groups excluding carboxylic acids is 1. The van der Waals surface area contributed by atoms with E-state index in [0.717, 1.165) is 5.52 Å². The molecule has 2 aromatic rings. The lowest BCUT2D eigenvalue weighted by Gasteiger charge is -2.36. The monoisotopic (exact) mass is 335 g/mol. The maximum absolute atomic E-state index is 11.5. The van der Waals surface area contributed by atoms with Gasteiger partial charge < -0.3 is 9.16 Å². The highest BCUT2D eigenvalue weighted by Crippen LogP contribution is 2.36. The molecule has 0 radical (unpaired) electrons. The molecule has 2 rings (SSSR count). The molecule has 0 aliphatic rings. The van der Waals surface area contributed by atoms with Crippen LogP contribution in [0.25, 0.3) is 11.0 Å². The number of methoxy groups -OCH3 is 1. The molecule has 0 aliphatic heterocycles. The summed E-state index contributed by atoms with van der Waals surface area (Å²) in [6.07, 6.45) is 0. The van der Waals surface area contributed by atoms with Gasteiger partial charge in [-0.2, -0.15) is 15.0 Å². The van der Waals surface area contributed by atoms with Crippen LogP contribution in [0.4, 0.5) is 0 Å². The van der Waals surface area contributed by atoms with Gasteiger partial charge in [0.15, 0.2) is 8.32 Å². The standard InChI is InChI=1S/C16H25N3O3Si/c1-16(2,3)23(5,6)22-10-9-19-17-13-8-7-12(15(20)21-4)11-14(13)18-19/h7-8,11H,9-10H2,1-6H3. The zero-order valence-electron chi connectivity index (χ0n) is 14.7. The SMILES string of the molecule is COC(=O)c1ccc2nn(CCO[Si](C)(C)C(C)(C)C)nc2c1. The summed E-state index contributed by atoms with van der Waals surface area (Å²) in [5.74, 6) is -0.372. The molecule has 0 N–H and O–H groups in total. The minimum atomic E-state index is -1.76. The summed E-state index contributed by atoms with van der Waals surface area (Å²) >= 11 is 0. The smallest absolute Gasteiger partial charge is 0.337 e. The molecule has 1 heterocycles. The molecule has 23 heavy (non-hydrogen) atoms. The second-order valence-corrected chi connectivity index (χ2v) is 11.9. The summed E-state index contributed by atoms with van der Waals surface area (Å²) in [6.45, 7) is 12.3. The maximum Gasteiger partial charge on any atom is 0.337 e. The van der Waals surface area contributed by atoms with Gasteiger partial charge in [-0.1, -0.05) is 20.8 Å². The van der Waals surface area contributed by atoms with Gasteiger partial charge in [0.25, 0.3) is 0 Å². The van der Waals surface area contributed by atoms with Gasteiger partial charge in [-0.05, 0) is 36.3 Å². The fourth-order valence-corrected chi connectivity index (χ4v) is 2.94. The maximum atomic E-state index is 11.5. The van der Waals surface area contributed by atoms with Crippen LogP contribution in [0, 0.1) is 0 Å². The molecule has 0 saturated carbocycles. The Morgan fingerprint density at radius 1 is 1.22 bits per heavy atom. The van der Waals surface area contributed by atoms with E-state index in [2.05, 4.69) is 44.1 Å². The van der Waals surface area contributed by atoms with Gasteiger partial charge in [0, 0.05) is 0 Å². The van der Waals surface area contributed by atoms with Crippen molar-refractivity contribution in [3.05, 3.63) is 23.8 Å².